The molecule has 0 saturated heterocycles. The molecule has 0 aliphatic heterocycles. The Morgan fingerprint density at radius 2 is 1.55 bits per heavy atom. The van der Waals surface area contributed by atoms with Gasteiger partial charge in [-0.05, 0) is 34.6 Å². The molecule has 0 unspecified atom stereocenters. The van der Waals surface area contributed by atoms with Gasteiger partial charge < -0.3 is 0 Å². The zero-order chi connectivity index (χ0) is 16.9. The second kappa shape index (κ2) is 7.63. The van der Waals surface area contributed by atoms with E-state index in [-0.39, 0.29) is 17.6 Å². The average molecular weight is 305 g/mol. The first-order chi connectivity index (χ1) is 10.2. The Bertz CT molecular complexity index is 584. The topological polar surface area (TPSA) is 82.7 Å². The van der Waals surface area contributed by atoms with E-state index in [1.807, 2.05) is 27.7 Å². The van der Waals surface area contributed by atoms with Gasteiger partial charge in [0, 0.05) is 25.2 Å². The molecule has 0 aliphatic rings. The minimum Gasteiger partial charge on any atom is -0.294 e. The van der Waals surface area contributed by atoms with E-state index >= 15 is 0 Å². The lowest BCUT2D eigenvalue weighted by atomic mass is 10.3. The molecule has 0 amide bonds. The van der Waals surface area contributed by atoms with E-state index < -0.39 is 0 Å². The molecule has 0 aliphatic carbocycles. The zero-order valence-electron chi connectivity index (χ0n) is 13.9. The van der Waals surface area contributed by atoms with Crippen LogP contribution in [-0.2, 0) is 0 Å². The van der Waals surface area contributed by atoms with E-state index in [1.54, 1.807) is 34.9 Å². The summed E-state index contributed by atoms with van der Waals surface area (Å²) in [6.07, 6.45) is 5.03. The summed E-state index contributed by atoms with van der Waals surface area (Å²) in [7, 11) is 0. The predicted molar refractivity (Wildman–Crippen MR) is 83.0 cm³/mol. The Morgan fingerprint density at radius 1 is 0.955 bits per heavy atom. The van der Waals surface area contributed by atoms with Crippen LogP contribution in [0.3, 0.4) is 0 Å². The minimum absolute atomic E-state index is 0.0445. The Morgan fingerprint density at radius 3 is 1.82 bits per heavy atom. The molecule has 0 spiro atoms. The molecule has 0 atom stereocenters. The fourth-order valence-electron chi connectivity index (χ4n) is 1.49. The summed E-state index contributed by atoms with van der Waals surface area (Å²) in [6.45, 7) is 11.0. The average Bonchev–Trinajstić information content (AvgIpc) is 3.09. The van der Waals surface area contributed by atoms with Crippen LogP contribution < -0.4 is 0 Å². The highest BCUT2D eigenvalue weighted by atomic mass is 16.1. The molecule has 7 nitrogen and oxygen atoms in total. The molecule has 2 rings (SSSR count). The van der Waals surface area contributed by atoms with Crippen LogP contribution in [0.5, 0.6) is 0 Å². The van der Waals surface area contributed by atoms with Crippen molar-refractivity contribution in [3.8, 4) is 0 Å². The number of carbonyl (C=O) groups excluding carboxylic acids is 2. The zero-order valence-corrected chi connectivity index (χ0v) is 13.9. The van der Waals surface area contributed by atoms with E-state index in [1.165, 1.54) is 6.92 Å². The highest BCUT2D eigenvalue weighted by molar-refractivity contribution is 5.93. The highest BCUT2D eigenvalue weighted by Gasteiger charge is 2.06. The summed E-state index contributed by atoms with van der Waals surface area (Å²) in [5.41, 5.74) is 1.11. The van der Waals surface area contributed by atoms with Gasteiger partial charge >= 0.3 is 0 Å². The van der Waals surface area contributed by atoms with Crippen molar-refractivity contribution in [2.24, 2.45) is 0 Å². The Balaban J connectivity index is 0.000000220. The Labute approximate surface area is 130 Å². The molecule has 0 bridgehead atoms. The van der Waals surface area contributed by atoms with Gasteiger partial charge in [-0.3, -0.25) is 14.3 Å². The number of hydrogen-bond acceptors (Lipinski definition) is 5. The van der Waals surface area contributed by atoms with Crippen molar-refractivity contribution >= 4 is 11.6 Å². The van der Waals surface area contributed by atoms with Gasteiger partial charge in [0.15, 0.2) is 11.6 Å². The smallest absolute Gasteiger partial charge is 0.181 e. The van der Waals surface area contributed by atoms with Crippen molar-refractivity contribution in [1.82, 2.24) is 24.8 Å². The maximum atomic E-state index is 10.8. The predicted octanol–water partition coefficient (Wildman–Crippen LogP) is 2.73. The first kappa shape index (κ1) is 17.7. The number of rotatable bonds is 4. The van der Waals surface area contributed by atoms with Gasteiger partial charge in [0.05, 0.1) is 18.0 Å². The SMILES string of the molecule is CC(=O)c1cn(C(C)C)nn1.CC(=O)c1cnn(C(C)C)c1. The van der Waals surface area contributed by atoms with E-state index in [0.717, 1.165) is 0 Å². The van der Waals surface area contributed by atoms with Crippen LogP contribution in [0.25, 0.3) is 0 Å². The molecule has 2 heterocycles. The second-order valence-corrected chi connectivity index (χ2v) is 5.59. The molecule has 2 aromatic heterocycles. The third-order valence-corrected chi connectivity index (χ3v) is 2.94. The summed E-state index contributed by atoms with van der Waals surface area (Å²) in [4.78, 5) is 21.6. The minimum atomic E-state index is -0.0445. The van der Waals surface area contributed by atoms with Gasteiger partial charge in [-0.25, -0.2) is 4.68 Å². The summed E-state index contributed by atoms with van der Waals surface area (Å²) in [6, 6.07) is 0.582. The van der Waals surface area contributed by atoms with Crippen LogP contribution in [0, 0.1) is 0 Å². The maximum absolute atomic E-state index is 10.8. The lowest BCUT2D eigenvalue weighted by Crippen LogP contribution is -2.00. The first-order valence-electron chi connectivity index (χ1n) is 7.20. The molecule has 22 heavy (non-hydrogen) atoms. The van der Waals surface area contributed by atoms with Gasteiger partial charge in [-0.1, -0.05) is 5.21 Å². The molecule has 0 fully saturated rings. The molecule has 0 radical (unpaired) electrons. The van der Waals surface area contributed by atoms with Crippen LogP contribution >= 0.6 is 0 Å². The number of ketones is 2. The van der Waals surface area contributed by atoms with Crippen molar-refractivity contribution in [1.29, 1.82) is 0 Å². The van der Waals surface area contributed by atoms with Crippen LogP contribution in [0.4, 0.5) is 0 Å². The van der Waals surface area contributed by atoms with E-state index in [4.69, 9.17) is 0 Å². The summed E-state index contributed by atoms with van der Waals surface area (Å²) in [5, 5.41) is 11.5. The monoisotopic (exact) mass is 305 g/mol. The molecular weight excluding hydrogens is 282 g/mol. The second-order valence-electron chi connectivity index (χ2n) is 5.59. The van der Waals surface area contributed by atoms with Crippen molar-refractivity contribution in [3.63, 3.8) is 0 Å². The van der Waals surface area contributed by atoms with Crippen LogP contribution in [0.15, 0.2) is 18.6 Å². The van der Waals surface area contributed by atoms with Gasteiger partial charge in [0.1, 0.15) is 5.69 Å². The molecule has 0 N–H and O–H groups in total. The fourth-order valence-corrected chi connectivity index (χ4v) is 1.49. The largest absolute Gasteiger partial charge is 0.294 e. The van der Waals surface area contributed by atoms with Crippen molar-refractivity contribution in [3.05, 3.63) is 29.8 Å². The van der Waals surface area contributed by atoms with Crippen LogP contribution in [0.1, 0.15) is 74.5 Å². The summed E-state index contributed by atoms with van der Waals surface area (Å²) in [5.74, 6) is 0.0220. The molecule has 2 aromatic rings. The molecule has 0 saturated carbocycles. The Hall–Kier alpha value is -2.31. The van der Waals surface area contributed by atoms with Gasteiger partial charge in [0.25, 0.3) is 0 Å². The lowest BCUT2D eigenvalue weighted by molar-refractivity contribution is 0.100. The number of hydrogen-bond donors (Lipinski definition) is 0. The van der Waals surface area contributed by atoms with Crippen molar-refractivity contribution in [2.45, 2.75) is 53.6 Å². The molecular formula is C15H23N5O2. The van der Waals surface area contributed by atoms with Gasteiger partial charge in [0.2, 0.25) is 0 Å². The molecule has 7 heteroatoms. The van der Waals surface area contributed by atoms with Crippen molar-refractivity contribution < 1.29 is 9.59 Å². The quantitative estimate of drug-likeness (QED) is 0.811. The third-order valence-electron chi connectivity index (χ3n) is 2.94. The van der Waals surface area contributed by atoms with Crippen molar-refractivity contribution in [2.75, 3.05) is 0 Å². The number of Topliss-reactive ketones (excluding diaryl/α,β-unsaturated/α-hetero) is 2. The number of nitrogens with zero attached hydrogens (tertiary/aromatic N) is 5. The van der Waals surface area contributed by atoms with Gasteiger partial charge in [-0.15, -0.1) is 5.10 Å². The third kappa shape index (κ3) is 4.91. The lowest BCUT2D eigenvalue weighted by Gasteiger charge is -2.02. The highest BCUT2D eigenvalue weighted by Crippen LogP contribution is 2.05. The van der Waals surface area contributed by atoms with E-state index in [0.29, 0.717) is 17.3 Å². The number of aromatic nitrogens is 5. The number of carbonyl (C=O) groups is 2. The first-order valence-corrected chi connectivity index (χ1v) is 7.20. The fraction of sp³-hybridized carbons (Fsp3) is 0.533. The van der Waals surface area contributed by atoms with Gasteiger partial charge in [-0.2, -0.15) is 5.10 Å². The Kier molecular flexibility index (Phi) is 6.15. The summed E-state index contributed by atoms with van der Waals surface area (Å²) >= 11 is 0. The van der Waals surface area contributed by atoms with E-state index in [2.05, 4.69) is 15.4 Å². The van der Waals surface area contributed by atoms with E-state index in [9.17, 15) is 9.59 Å². The standard InChI is InChI=1S/C8H12N2O.C7H11N3O/c1-6(2)10-5-8(4-9-10)7(3)11;1-5(2)10-4-7(6(3)11)8-9-10/h4-6H,1-3H3;4-5H,1-3H3. The van der Waals surface area contributed by atoms with Crippen LogP contribution in [0.2, 0.25) is 0 Å². The maximum Gasteiger partial charge on any atom is 0.181 e. The normalized spacial score (nSPS) is 10.5. The molecule has 120 valence electrons. The molecule has 0 aromatic carbocycles. The summed E-state index contributed by atoms with van der Waals surface area (Å²) < 4.78 is 3.44. The van der Waals surface area contributed by atoms with Crippen LogP contribution in [-0.4, -0.2) is 36.3 Å².